The molecule has 7 nitrogen and oxygen atoms in total. The molecule has 0 aromatic heterocycles. The van der Waals surface area contributed by atoms with E-state index in [4.69, 9.17) is 10.7 Å². The average Bonchev–Trinajstić information content (AvgIpc) is 3.05. The minimum atomic E-state index is -2.57. The van der Waals surface area contributed by atoms with Crippen molar-refractivity contribution in [2.75, 3.05) is 39.0 Å². The lowest BCUT2D eigenvalue weighted by atomic mass is 9.97. The molecule has 33 heavy (non-hydrogen) atoms. The SMILES string of the molecule is CNc1ccc(C2=NC(N3CCC(NC)CC3)=NSC=C2C(C=NCC(F)F)=CN)cc1F. The van der Waals surface area contributed by atoms with E-state index in [-0.39, 0.29) is 0 Å². The molecule has 0 atom stereocenters. The maximum atomic E-state index is 14.6. The monoisotopic (exact) mass is 479 g/mol. The molecule has 1 saturated heterocycles. The van der Waals surface area contributed by atoms with Crippen LogP contribution in [0, 0.1) is 5.82 Å². The molecule has 4 N–H and O–H groups in total. The standard InChI is InChI=1S/C22H28F3N7S/c1-27-16-5-7-32(8-6-16)22-30-21(14-3-4-19(28-2)18(23)9-14)17(13-33-31-22)15(10-26)11-29-12-20(24)25/h3-4,9-11,13,16,20,27-28H,5-8,12,26H2,1-2H3. The highest BCUT2D eigenvalue weighted by atomic mass is 32.2. The first-order valence-corrected chi connectivity index (χ1v) is 11.4. The van der Waals surface area contributed by atoms with Gasteiger partial charge in [0, 0.05) is 72.7 Å². The molecule has 11 heteroatoms. The summed E-state index contributed by atoms with van der Waals surface area (Å²) >= 11 is 1.17. The summed E-state index contributed by atoms with van der Waals surface area (Å²) in [4.78, 5) is 10.7. The molecule has 0 amide bonds. The van der Waals surface area contributed by atoms with Crippen LogP contribution in [0.5, 0.6) is 0 Å². The highest BCUT2D eigenvalue weighted by molar-refractivity contribution is 8.01. The lowest BCUT2D eigenvalue weighted by Crippen LogP contribution is -2.43. The van der Waals surface area contributed by atoms with E-state index in [0.29, 0.717) is 40.1 Å². The maximum absolute atomic E-state index is 14.6. The molecule has 178 valence electrons. The second-order valence-electron chi connectivity index (χ2n) is 7.49. The van der Waals surface area contributed by atoms with E-state index in [2.05, 4.69) is 24.9 Å². The molecule has 3 rings (SSSR count). The van der Waals surface area contributed by atoms with Crippen LogP contribution in [-0.2, 0) is 0 Å². The number of guanidine groups is 1. The molecule has 2 aliphatic rings. The Bertz CT molecular complexity index is 980. The number of hydrogen-bond donors (Lipinski definition) is 3. The minimum absolute atomic E-state index is 0.351. The van der Waals surface area contributed by atoms with Crippen LogP contribution in [0.4, 0.5) is 18.9 Å². The Labute approximate surface area is 196 Å². The molecular formula is C22H28F3N7S. The Morgan fingerprint density at radius 1 is 1.33 bits per heavy atom. The van der Waals surface area contributed by atoms with Crippen molar-refractivity contribution in [3.63, 3.8) is 0 Å². The number of nitrogens with two attached hydrogens (primary N) is 1. The summed E-state index contributed by atoms with van der Waals surface area (Å²) in [5, 5.41) is 7.82. The topological polar surface area (TPSA) is 90.4 Å². The summed E-state index contributed by atoms with van der Waals surface area (Å²) in [6.45, 7) is 0.914. The third-order valence-electron chi connectivity index (χ3n) is 5.43. The number of alkyl halides is 2. The fourth-order valence-corrected chi connectivity index (χ4v) is 4.24. The Morgan fingerprint density at radius 2 is 2.09 bits per heavy atom. The number of halogens is 3. The molecule has 0 saturated carbocycles. The van der Waals surface area contributed by atoms with Crippen molar-refractivity contribution in [3.05, 3.63) is 52.3 Å². The second-order valence-corrected chi connectivity index (χ2v) is 8.12. The van der Waals surface area contributed by atoms with E-state index in [9.17, 15) is 13.2 Å². The normalized spacial score (nSPS) is 18.3. The quantitative estimate of drug-likeness (QED) is 0.412. The number of hydrogen-bond acceptors (Lipinski definition) is 8. The Kier molecular flexibility index (Phi) is 8.95. The number of benzene rings is 1. The fourth-order valence-electron chi connectivity index (χ4n) is 3.58. The minimum Gasteiger partial charge on any atom is -0.404 e. The van der Waals surface area contributed by atoms with Gasteiger partial charge < -0.3 is 21.3 Å². The zero-order valence-electron chi connectivity index (χ0n) is 18.6. The van der Waals surface area contributed by atoms with Crippen molar-refractivity contribution in [1.29, 1.82) is 0 Å². The number of rotatable bonds is 7. The van der Waals surface area contributed by atoms with Gasteiger partial charge in [0.25, 0.3) is 6.43 Å². The fraction of sp³-hybridized carbons (Fsp3) is 0.409. The Hall–Kier alpha value is -2.79. The first-order valence-electron chi connectivity index (χ1n) is 10.6. The van der Waals surface area contributed by atoms with Crippen LogP contribution in [0.2, 0.25) is 0 Å². The van der Waals surface area contributed by atoms with E-state index in [1.807, 2.05) is 7.05 Å². The molecule has 1 aromatic rings. The van der Waals surface area contributed by atoms with Gasteiger partial charge in [-0.25, -0.2) is 18.2 Å². The largest absolute Gasteiger partial charge is 0.404 e. The Morgan fingerprint density at radius 3 is 2.70 bits per heavy atom. The second kappa shape index (κ2) is 11.9. The van der Waals surface area contributed by atoms with Crippen molar-refractivity contribution < 1.29 is 13.2 Å². The van der Waals surface area contributed by atoms with Gasteiger partial charge in [0.1, 0.15) is 5.82 Å². The number of nitrogens with zero attached hydrogens (tertiary/aromatic N) is 4. The first kappa shape index (κ1) is 24.8. The summed E-state index contributed by atoms with van der Waals surface area (Å²) < 4.78 is 44.3. The molecule has 0 aliphatic carbocycles. The molecule has 1 aromatic carbocycles. The van der Waals surface area contributed by atoms with Crippen LogP contribution in [0.3, 0.4) is 0 Å². The predicted molar refractivity (Wildman–Crippen MR) is 131 cm³/mol. The maximum Gasteiger partial charge on any atom is 0.257 e. The molecule has 0 bridgehead atoms. The zero-order chi connectivity index (χ0) is 23.8. The van der Waals surface area contributed by atoms with E-state index >= 15 is 0 Å². The van der Waals surface area contributed by atoms with Crippen LogP contribution in [0.25, 0.3) is 0 Å². The number of allylic oxidation sites excluding steroid dienone is 2. The van der Waals surface area contributed by atoms with E-state index in [1.165, 1.54) is 30.4 Å². The van der Waals surface area contributed by atoms with Gasteiger partial charge in [-0.2, -0.15) is 4.40 Å². The number of aliphatic imine (C=N–C) groups is 2. The van der Waals surface area contributed by atoms with Crippen molar-refractivity contribution in [2.45, 2.75) is 25.3 Å². The molecule has 1 fully saturated rings. The van der Waals surface area contributed by atoms with Crippen molar-refractivity contribution in [2.24, 2.45) is 20.1 Å². The van der Waals surface area contributed by atoms with Gasteiger partial charge in [0.2, 0.25) is 5.96 Å². The van der Waals surface area contributed by atoms with Crippen molar-refractivity contribution >= 4 is 35.5 Å². The van der Waals surface area contributed by atoms with Gasteiger partial charge in [0.15, 0.2) is 0 Å². The van der Waals surface area contributed by atoms with Gasteiger partial charge in [-0.1, -0.05) is 6.07 Å². The molecule has 0 unspecified atom stereocenters. The number of likely N-dealkylation sites (tertiary alicyclic amines) is 1. The highest BCUT2D eigenvalue weighted by Gasteiger charge is 2.24. The van der Waals surface area contributed by atoms with Gasteiger partial charge >= 0.3 is 0 Å². The van der Waals surface area contributed by atoms with E-state index in [1.54, 1.807) is 24.6 Å². The molecule has 0 radical (unpaired) electrons. The highest BCUT2D eigenvalue weighted by Crippen LogP contribution is 2.27. The summed E-state index contributed by atoms with van der Waals surface area (Å²) in [6.07, 6.45) is 1.90. The van der Waals surface area contributed by atoms with Crippen molar-refractivity contribution in [1.82, 2.24) is 10.2 Å². The van der Waals surface area contributed by atoms with Crippen LogP contribution in [-0.4, -0.2) is 69.0 Å². The van der Waals surface area contributed by atoms with Crippen LogP contribution in [0.1, 0.15) is 18.4 Å². The molecular weight excluding hydrogens is 451 g/mol. The first-order chi connectivity index (χ1) is 16.0. The third kappa shape index (κ3) is 6.38. The van der Waals surface area contributed by atoms with Gasteiger partial charge in [-0.15, -0.1) is 0 Å². The lowest BCUT2D eigenvalue weighted by Gasteiger charge is -2.32. The lowest BCUT2D eigenvalue weighted by molar-refractivity contribution is 0.159. The summed E-state index contributed by atoms with van der Waals surface area (Å²) in [6, 6.07) is 5.18. The Balaban J connectivity index is 2.00. The number of nitrogens with one attached hydrogen (secondary N) is 2. The number of anilines is 1. The molecule has 2 aliphatic heterocycles. The summed E-state index contributed by atoms with van der Waals surface area (Å²) in [5.74, 6) is 0.0849. The zero-order valence-corrected chi connectivity index (χ0v) is 19.4. The van der Waals surface area contributed by atoms with Crippen LogP contribution < -0.4 is 16.4 Å². The van der Waals surface area contributed by atoms with E-state index < -0.39 is 18.8 Å². The predicted octanol–water partition coefficient (Wildman–Crippen LogP) is 3.42. The third-order valence-corrected chi connectivity index (χ3v) is 6.04. The van der Waals surface area contributed by atoms with Gasteiger partial charge in [0.05, 0.1) is 17.9 Å². The van der Waals surface area contributed by atoms with Crippen LogP contribution in [0.15, 0.2) is 55.3 Å². The van der Waals surface area contributed by atoms with Crippen LogP contribution >= 0.6 is 11.9 Å². The van der Waals surface area contributed by atoms with Gasteiger partial charge in [-0.05, 0) is 32.0 Å². The smallest absolute Gasteiger partial charge is 0.257 e. The van der Waals surface area contributed by atoms with Gasteiger partial charge in [-0.3, -0.25) is 4.99 Å². The average molecular weight is 480 g/mol. The van der Waals surface area contributed by atoms with Crippen molar-refractivity contribution in [3.8, 4) is 0 Å². The molecule has 2 heterocycles. The molecule has 0 spiro atoms. The summed E-state index contributed by atoms with van der Waals surface area (Å²) in [7, 11) is 3.59. The number of piperidine rings is 1. The summed E-state index contributed by atoms with van der Waals surface area (Å²) in [5.41, 5.74) is 8.04. The van der Waals surface area contributed by atoms with E-state index in [0.717, 1.165) is 25.9 Å².